The molecule has 6 atom stereocenters. The lowest BCUT2D eigenvalue weighted by atomic mass is 9.74. The van der Waals surface area contributed by atoms with Crippen molar-refractivity contribution >= 4 is 35.0 Å². The van der Waals surface area contributed by atoms with Crippen LogP contribution in [-0.2, 0) is 14.3 Å². The number of methoxy groups -OCH3 is 1. The number of anilines is 1. The number of allylic oxidation sites excluding steroid dienone is 1. The first-order chi connectivity index (χ1) is 26.7. The highest BCUT2D eigenvalue weighted by molar-refractivity contribution is 6.04. The largest absolute Gasteiger partial charge is 0.453 e. The summed E-state index contributed by atoms with van der Waals surface area (Å²) in [6.45, 7) is 4.43. The number of ether oxygens (including phenoxy) is 1. The summed E-state index contributed by atoms with van der Waals surface area (Å²) >= 11 is 0. The van der Waals surface area contributed by atoms with E-state index in [-0.39, 0.29) is 35.6 Å². The molecule has 3 amide bonds. The van der Waals surface area contributed by atoms with Gasteiger partial charge in [-0.1, -0.05) is 68.4 Å². The molecule has 2 bridgehead atoms. The summed E-state index contributed by atoms with van der Waals surface area (Å²) in [5.74, 6) is 2.45. The Morgan fingerprint density at radius 3 is 2.31 bits per heavy atom. The molecule has 0 spiro atoms. The number of carbonyl (C=O) groups is 3. The molecule has 2 aromatic carbocycles. The molecule has 2 saturated carbocycles. The van der Waals surface area contributed by atoms with Crippen molar-refractivity contribution < 1.29 is 19.1 Å². The maximum Gasteiger partial charge on any atom is 0.407 e. The summed E-state index contributed by atoms with van der Waals surface area (Å²) < 4.78 is 4.76. The molecule has 55 heavy (non-hydrogen) atoms. The lowest BCUT2D eigenvalue weighted by molar-refractivity contribution is -0.135. The zero-order chi connectivity index (χ0) is 38.2. The topological polar surface area (TPSA) is 133 Å². The minimum atomic E-state index is -0.674. The Balaban J connectivity index is 0.905. The van der Waals surface area contributed by atoms with Crippen molar-refractivity contribution in [2.24, 2.45) is 34.6 Å². The monoisotopic (exact) mass is 739 g/mol. The lowest BCUT2D eigenvalue weighted by Crippen LogP contribution is -2.51. The summed E-state index contributed by atoms with van der Waals surface area (Å²) in [7, 11) is 3.15. The number of carbonyl (C=O) groups excluding carboxylic acids is 3. The highest BCUT2D eigenvalue weighted by atomic mass is 16.5. The van der Waals surface area contributed by atoms with Gasteiger partial charge in [-0.15, -0.1) is 0 Å². The van der Waals surface area contributed by atoms with Crippen LogP contribution >= 0.6 is 0 Å². The second-order valence-corrected chi connectivity index (χ2v) is 15.8. The second-order valence-electron chi connectivity index (χ2n) is 15.8. The van der Waals surface area contributed by atoms with Crippen LogP contribution in [-0.4, -0.2) is 70.2 Å². The Morgan fingerprint density at radius 1 is 0.909 bits per heavy atom. The molecule has 11 nitrogen and oxygen atoms in total. The number of benzene rings is 2. The maximum absolute atomic E-state index is 13.9. The Morgan fingerprint density at radius 2 is 1.62 bits per heavy atom. The Kier molecular flexibility index (Phi) is 10.1. The van der Waals surface area contributed by atoms with E-state index in [0.717, 1.165) is 71.6 Å². The maximum atomic E-state index is 13.9. The van der Waals surface area contributed by atoms with Gasteiger partial charge in [0, 0.05) is 50.0 Å². The molecule has 4 aliphatic rings. The van der Waals surface area contributed by atoms with Crippen molar-refractivity contribution in [1.82, 2.24) is 25.2 Å². The van der Waals surface area contributed by atoms with Crippen LogP contribution < -0.4 is 10.2 Å². The van der Waals surface area contributed by atoms with Gasteiger partial charge in [0.15, 0.2) is 0 Å². The van der Waals surface area contributed by atoms with Crippen LogP contribution in [0.3, 0.4) is 0 Å². The number of nitrogens with zero attached hydrogens (tertiary/aromatic N) is 5. The number of H-pyrrole nitrogens is 1. The number of rotatable bonds is 10. The molecule has 0 radical (unpaired) electrons. The molecule has 2 aliphatic heterocycles. The van der Waals surface area contributed by atoms with Crippen LogP contribution in [0.5, 0.6) is 0 Å². The Bertz CT molecular complexity index is 2110. The van der Waals surface area contributed by atoms with Crippen LogP contribution in [0.2, 0.25) is 0 Å². The van der Waals surface area contributed by atoms with Crippen molar-refractivity contribution in [3.63, 3.8) is 0 Å². The molecule has 2 aliphatic carbocycles. The lowest BCUT2D eigenvalue weighted by Gasteiger charge is -2.33. The number of pyridine rings is 1. The third kappa shape index (κ3) is 7.08. The van der Waals surface area contributed by atoms with Gasteiger partial charge in [0.1, 0.15) is 17.7 Å². The molecule has 11 heteroatoms. The standard InChI is InChI=1S/C44H49N7O4/c1-26(2)40(49-44(54)55-4)43(53)51-21-7-8-36(51)41-47-25-35(48-41)30-16-14-28(15-17-30)27-10-12-29(13-11-27)33-23-34(46-24-33)38-31-18-19-32(22-31)39(38)42(52)50(3)37-9-5-6-20-45-37/h5-6,9-17,20,24-26,31-32,36,38-40H,7-8,18-19,21-23H2,1-4H3,(H,47,48)(H,49,54)/t31-,32+,36-,38-,39+,40-/m0/s1. The first kappa shape index (κ1) is 36.4. The first-order valence-corrected chi connectivity index (χ1v) is 19.6. The zero-order valence-corrected chi connectivity index (χ0v) is 31.9. The van der Waals surface area contributed by atoms with Crippen LogP contribution in [0, 0.1) is 29.6 Å². The summed E-state index contributed by atoms with van der Waals surface area (Å²) in [6, 6.07) is 21.9. The summed E-state index contributed by atoms with van der Waals surface area (Å²) in [6.07, 6.45) is 10.8. The number of nitrogens with one attached hydrogen (secondary N) is 2. The SMILES string of the molecule is COC(=O)N[C@H](C(=O)N1CCC[C@H]1c1ncc(-c2ccc(-c3ccc(C4=CN=C([C@@H]5[C@H]6CC[C@H](C6)[C@H]5C(=O)N(C)c5ccccn5)C4)cc3)cc2)[nH]1)C(C)C. The van der Waals surface area contributed by atoms with Crippen molar-refractivity contribution in [3.8, 4) is 22.4 Å². The zero-order valence-electron chi connectivity index (χ0n) is 31.9. The van der Waals surface area contributed by atoms with E-state index in [1.807, 2.05) is 56.4 Å². The average Bonchev–Trinajstić information content (AvgIpc) is 4.08. The number of alkyl carbamates (subject to hydrolysis) is 1. The van der Waals surface area contributed by atoms with E-state index in [2.05, 4.69) is 63.8 Å². The van der Waals surface area contributed by atoms with E-state index < -0.39 is 12.1 Å². The van der Waals surface area contributed by atoms with Crippen LogP contribution in [0.1, 0.15) is 69.8 Å². The molecule has 4 heterocycles. The van der Waals surface area contributed by atoms with Crippen molar-refractivity contribution in [2.45, 2.75) is 64.5 Å². The van der Waals surface area contributed by atoms with Gasteiger partial charge in [-0.25, -0.2) is 14.8 Å². The number of hydrogen-bond acceptors (Lipinski definition) is 7. The number of aliphatic imine (C=N–C) groups is 1. The summed E-state index contributed by atoms with van der Waals surface area (Å²) in [5.41, 5.74) is 7.62. The summed E-state index contributed by atoms with van der Waals surface area (Å²) in [5, 5.41) is 2.71. The van der Waals surface area contributed by atoms with Crippen LogP contribution in [0.25, 0.3) is 28.0 Å². The van der Waals surface area contributed by atoms with Gasteiger partial charge >= 0.3 is 6.09 Å². The van der Waals surface area contributed by atoms with Crippen molar-refractivity contribution in [2.75, 3.05) is 25.6 Å². The molecule has 284 valence electrons. The van der Waals surface area contributed by atoms with Gasteiger partial charge in [-0.3, -0.25) is 19.5 Å². The smallest absolute Gasteiger partial charge is 0.407 e. The van der Waals surface area contributed by atoms with Gasteiger partial charge < -0.3 is 19.9 Å². The third-order valence-corrected chi connectivity index (χ3v) is 12.3. The predicted molar refractivity (Wildman–Crippen MR) is 213 cm³/mol. The fraction of sp³-hybridized carbons (Fsp3) is 0.409. The fourth-order valence-electron chi connectivity index (χ4n) is 9.41. The van der Waals surface area contributed by atoms with E-state index in [0.29, 0.717) is 24.2 Å². The minimum absolute atomic E-state index is 0.0446. The number of aromatic amines is 1. The number of amides is 3. The third-order valence-electron chi connectivity index (χ3n) is 12.3. The van der Waals surface area contributed by atoms with Crippen molar-refractivity contribution in [3.05, 3.63) is 96.7 Å². The number of fused-ring (bicyclic) bond motifs is 2. The molecule has 1 saturated heterocycles. The first-order valence-electron chi connectivity index (χ1n) is 19.6. The molecule has 0 unspecified atom stereocenters. The quantitative estimate of drug-likeness (QED) is 0.171. The van der Waals surface area contributed by atoms with Gasteiger partial charge in [0.05, 0.1) is 25.0 Å². The van der Waals surface area contributed by atoms with Crippen LogP contribution in [0.4, 0.5) is 10.6 Å². The molecule has 8 rings (SSSR count). The second kappa shape index (κ2) is 15.3. The summed E-state index contributed by atoms with van der Waals surface area (Å²) in [4.78, 5) is 60.5. The van der Waals surface area contributed by atoms with Crippen LogP contribution in [0.15, 0.2) is 90.3 Å². The predicted octanol–water partition coefficient (Wildman–Crippen LogP) is 7.69. The molecule has 3 fully saturated rings. The number of imidazole rings is 1. The molecular weight excluding hydrogens is 691 g/mol. The molecule has 2 aromatic heterocycles. The van der Waals surface area contributed by atoms with Gasteiger partial charge in [0.2, 0.25) is 11.8 Å². The molecule has 4 aromatic rings. The Labute approximate surface area is 322 Å². The molecular formula is C44H49N7O4. The van der Waals surface area contributed by atoms with E-state index in [9.17, 15) is 14.4 Å². The molecule has 2 N–H and O–H groups in total. The van der Waals surface area contributed by atoms with Crippen molar-refractivity contribution in [1.29, 1.82) is 0 Å². The van der Waals surface area contributed by atoms with E-state index in [4.69, 9.17) is 14.7 Å². The van der Waals surface area contributed by atoms with Gasteiger partial charge in [-0.2, -0.15) is 0 Å². The normalized spacial score (nSPS) is 23.4. The number of aromatic nitrogens is 3. The number of likely N-dealkylation sites (tertiary alicyclic amines) is 1. The van der Waals surface area contributed by atoms with E-state index in [1.54, 1.807) is 11.1 Å². The van der Waals surface area contributed by atoms with Gasteiger partial charge in [0.25, 0.3) is 0 Å². The highest BCUT2D eigenvalue weighted by Crippen LogP contribution is 2.54. The Hall–Kier alpha value is -5.58. The average molecular weight is 740 g/mol. The minimum Gasteiger partial charge on any atom is -0.453 e. The fourth-order valence-corrected chi connectivity index (χ4v) is 9.41. The van der Waals surface area contributed by atoms with E-state index >= 15 is 0 Å². The van der Waals surface area contributed by atoms with Gasteiger partial charge in [-0.05, 0) is 89.8 Å². The highest BCUT2D eigenvalue weighted by Gasteiger charge is 2.53. The number of hydrogen-bond donors (Lipinski definition) is 2. The van der Waals surface area contributed by atoms with E-state index in [1.165, 1.54) is 19.1 Å².